The lowest BCUT2D eigenvalue weighted by Crippen LogP contribution is -2.23. The maximum atomic E-state index is 12.6. The number of rotatable bonds is 5. The molecule has 0 unspecified atom stereocenters. The zero-order valence-electron chi connectivity index (χ0n) is 17.1. The molecule has 2 heterocycles. The molecule has 0 saturated carbocycles. The van der Waals surface area contributed by atoms with Crippen molar-refractivity contribution in [3.05, 3.63) is 81.1 Å². The van der Waals surface area contributed by atoms with Crippen molar-refractivity contribution in [1.82, 2.24) is 9.88 Å². The Kier molecular flexibility index (Phi) is 5.83. The number of aryl methyl sites for hydroxylation is 1. The highest BCUT2D eigenvalue weighted by Gasteiger charge is 2.16. The number of nitrogens with zero attached hydrogens (tertiary/aromatic N) is 2. The number of amides is 1. The summed E-state index contributed by atoms with van der Waals surface area (Å²) in [4.78, 5) is 12.6. The van der Waals surface area contributed by atoms with E-state index in [2.05, 4.69) is 25.8 Å². The first-order valence-electron chi connectivity index (χ1n) is 9.69. The van der Waals surface area contributed by atoms with Gasteiger partial charge in [0.15, 0.2) is 11.5 Å². The molecule has 1 aliphatic rings. The van der Waals surface area contributed by atoms with Gasteiger partial charge in [-0.2, -0.15) is 5.26 Å². The smallest absolute Gasteiger partial charge is 0.262 e. The molecule has 1 amide bonds. The van der Waals surface area contributed by atoms with Gasteiger partial charge in [0, 0.05) is 28.1 Å². The number of benzene rings is 2. The van der Waals surface area contributed by atoms with E-state index in [9.17, 15) is 10.1 Å². The minimum Gasteiger partial charge on any atom is -0.454 e. The van der Waals surface area contributed by atoms with Gasteiger partial charge in [0.2, 0.25) is 6.79 Å². The summed E-state index contributed by atoms with van der Waals surface area (Å²) in [7, 11) is 0. The van der Waals surface area contributed by atoms with Crippen LogP contribution in [0.2, 0.25) is 0 Å². The first kappa shape index (κ1) is 20.8. The Balaban J connectivity index is 1.53. The molecule has 0 saturated heterocycles. The van der Waals surface area contributed by atoms with E-state index in [-0.39, 0.29) is 18.9 Å². The Hall–Kier alpha value is -3.50. The number of carbonyl (C=O) groups excluding carboxylic acids is 1. The zero-order chi connectivity index (χ0) is 22.0. The number of nitrogens with one attached hydrogen (secondary N) is 1. The van der Waals surface area contributed by atoms with Crippen LogP contribution in [0.3, 0.4) is 0 Å². The Labute approximate surface area is 188 Å². The number of halogens is 1. The van der Waals surface area contributed by atoms with Crippen LogP contribution in [0.15, 0.2) is 58.6 Å². The van der Waals surface area contributed by atoms with Gasteiger partial charge in [-0.1, -0.05) is 22.0 Å². The number of aromatic nitrogens is 1. The molecule has 1 aromatic heterocycles. The quantitative estimate of drug-likeness (QED) is 0.422. The molecule has 1 N–H and O–H groups in total. The van der Waals surface area contributed by atoms with Gasteiger partial charge < -0.3 is 19.4 Å². The van der Waals surface area contributed by atoms with Gasteiger partial charge in [-0.3, -0.25) is 4.79 Å². The van der Waals surface area contributed by atoms with Crippen LogP contribution >= 0.6 is 15.9 Å². The predicted octanol–water partition coefficient (Wildman–Crippen LogP) is 4.81. The topological polar surface area (TPSA) is 76.3 Å². The molecular weight excluding hydrogens is 458 g/mol. The Morgan fingerprint density at radius 3 is 2.65 bits per heavy atom. The predicted molar refractivity (Wildman–Crippen MR) is 121 cm³/mol. The average molecular weight is 478 g/mol. The van der Waals surface area contributed by atoms with Gasteiger partial charge in [-0.05, 0) is 73.5 Å². The molecule has 7 heteroatoms. The SMILES string of the molecule is Cc1cc(/C=C(\C#N)C(=O)NCc2ccc3c(c2)OCO3)c(C)n1-c1ccc(Br)cc1. The molecule has 2 aromatic carbocycles. The van der Waals surface area contributed by atoms with E-state index in [0.29, 0.717) is 11.5 Å². The van der Waals surface area contributed by atoms with E-state index < -0.39 is 5.91 Å². The van der Waals surface area contributed by atoms with Crippen molar-refractivity contribution >= 4 is 27.9 Å². The molecule has 31 heavy (non-hydrogen) atoms. The van der Waals surface area contributed by atoms with Crippen molar-refractivity contribution in [2.75, 3.05) is 6.79 Å². The van der Waals surface area contributed by atoms with Crippen molar-refractivity contribution in [2.45, 2.75) is 20.4 Å². The zero-order valence-corrected chi connectivity index (χ0v) is 18.7. The van der Waals surface area contributed by atoms with Gasteiger partial charge in [-0.25, -0.2) is 0 Å². The Morgan fingerprint density at radius 1 is 1.16 bits per heavy atom. The Morgan fingerprint density at radius 2 is 1.90 bits per heavy atom. The number of hydrogen-bond donors (Lipinski definition) is 1. The number of carbonyl (C=O) groups is 1. The van der Waals surface area contributed by atoms with Crippen LogP contribution in [0.5, 0.6) is 11.5 Å². The minimum atomic E-state index is -0.423. The second kappa shape index (κ2) is 8.70. The molecule has 0 aliphatic carbocycles. The summed E-state index contributed by atoms with van der Waals surface area (Å²) in [5, 5.41) is 12.4. The third-order valence-corrected chi connectivity index (χ3v) is 5.64. The summed E-state index contributed by atoms with van der Waals surface area (Å²) in [6.07, 6.45) is 1.63. The van der Waals surface area contributed by atoms with Crippen LogP contribution in [0.1, 0.15) is 22.5 Å². The first-order chi connectivity index (χ1) is 15.0. The fourth-order valence-corrected chi connectivity index (χ4v) is 3.82. The third-order valence-electron chi connectivity index (χ3n) is 5.11. The van der Waals surface area contributed by atoms with E-state index in [0.717, 1.165) is 32.7 Å². The largest absolute Gasteiger partial charge is 0.454 e. The van der Waals surface area contributed by atoms with Crippen LogP contribution in [0.4, 0.5) is 0 Å². The molecule has 0 radical (unpaired) electrons. The van der Waals surface area contributed by atoms with Crippen LogP contribution in [-0.2, 0) is 11.3 Å². The highest BCUT2D eigenvalue weighted by molar-refractivity contribution is 9.10. The van der Waals surface area contributed by atoms with Gasteiger partial charge in [0.25, 0.3) is 5.91 Å². The number of ether oxygens (including phenoxy) is 2. The second-order valence-electron chi connectivity index (χ2n) is 7.18. The summed E-state index contributed by atoms with van der Waals surface area (Å²) in [5.74, 6) is 0.922. The van der Waals surface area contributed by atoms with Crippen LogP contribution < -0.4 is 14.8 Å². The third kappa shape index (κ3) is 4.35. The van der Waals surface area contributed by atoms with Crippen molar-refractivity contribution < 1.29 is 14.3 Å². The first-order valence-corrected chi connectivity index (χ1v) is 10.5. The van der Waals surface area contributed by atoms with E-state index >= 15 is 0 Å². The number of fused-ring (bicyclic) bond motifs is 1. The number of hydrogen-bond acceptors (Lipinski definition) is 4. The van der Waals surface area contributed by atoms with Crippen molar-refractivity contribution in [2.24, 2.45) is 0 Å². The molecule has 0 atom stereocenters. The fraction of sp³-hybridized carbons (Fsp3) is 0.167. The summed E-state index contributed by atoms with van der Waals surface area (Å²) in [6.45, 7) is 4.45. The lowest BCUT2D eigenvalue weighted by molar-refractivity contribution is -0.117. The van der Waals surface area contributed by atoms with E-state index in [1.54, 1.807) is 6.08 Å². The molecule has 156 valence electrons. The van der Waals surface area contributed by atoms with Gasteiger partial charge in [0.1, 0.15) is 11.6 Å². The van der Waals surface area contributed by atoms with Gasteiger partial charge in [-0.15, -0.1) is 0 Å². The normalized spacial score (nSPS) is 12.5. The lowest BCUT2D eigenvalue weighted by atomic mass is 10.1. The van der Waals surface area contributed by atoms with E-state index in [1.165, 1.54) is 0 Å². The van der Waals surface area contributed by atoms with E-state index in [4.69, 9.17) is 9.47 Å². The highest BCUT2D eigenvalue weighted by atomic mass is 79.9. The summed E-state index contributed by atoms with van der Waals surface area (Å²) in [5.41, 5.74) is 4.74. The molecule has 3 aromatic rings. The Bertz CT molecular complexity index is 1220. The van der Waals surface area contributed by atoms with Crippen LogP contribution in [0.25, 0.3) is 11.8 Å². The average Bonchev–Trinajstić information content (AvgIpc) is 3.34. The second-order valence-corrected chi connectivity index (χ2v) is 8.09. The van der Waals surface area contributed by atoms with Gasteiger partial charge in [0.05, 0.1) is 0 Å². The van der Waals surface area contributed by atoms with Crippen molar-refractivity contribution in [3.63, 3.8) is 0 Å². The highest BCUT2D eigenvalue weighted by Crippen LogP contribution is 2.32. The minimum absolute atomic E-state index is 0.0526. The van der Waals surface area contributed by atoms with Gasteiger partial charge >= 0.3 is 0 Å². The summed E-state index contributed by atoms with van der Waals surface area (Å²) in [6, 6.07) is 17.5. The molecule has 0 bridgehead atoms. The van der Waals surface area contributed by atoms with Crippen molar-refractivity contribution in [3.8, 4) is 23.3 Å². The fourth-order valence-electron chi connectivity index (χ4n) is 3.55. The maximum Gasteiger partial charge on any atom is 0.262 e. The number of nitriles is 1. The summed E-state index contributed by atoms with van der Waals surface area (Å²) < 4.78 is 13.8. The maximum absolute atomic E-state index is 12.6. The molecule has 4 rings (SSSR count). The monoisotopic (exact) mass is 477 g/mol. The molecule has 1 aliphatic heterocycles. The van der Waals surface area contributed by atoms with Crippen molar-refractivity contribution in [1.29, 1.82) is 5.26 Å². The molecule has 6 nitrogen and oxygen atoms in total. The van der Waals surface area contributed by atoms with E-state index in [1.807, 2.05) is 68.4 Å². The molecule has 0 fully saturated rings. The van der Waals surface area contributed by atoms with Crippen LogP contribution in [0, 0.1) is 25.2 Å². The van der Waals surface area contributed by atoms with Crippen LogP contribution in [-0.4, -0.2) is 17.3 Å². The molecular formula is C24H20BrN3O3. The molecule has 0 spiro atoms. The standard InChI is InChI=1S/C24H20BrN3O3/c1-15-9-18(16(2)28(15)21-6-4-20(25)5-7-21)11-19(12-26)24(29)27-13-17-3-8-22-23(10-17)31-14-30-22/h3-11H,13-14H2,1-2H3,(H,27,29)/b19-11+. The summed E-state index contributed by atoms with van der Waals surface area (Å²) >= 11 is 3.45. The lowest BCUT2D eigenvalue weighted by Gasteiger charge is -2.10.